The molecule has 2 aromatic carbocycles. The Morgan fingerprint density at radius 3 is 2.46 bits per heavy atom. The van der Waals surface area contributed by atoms with Crippen LogP contribution in [-0.4, -0.2) is 31.7 Å². The van der Waals surface area contributed by atoms with Gasteiger partial charge in [-0.3, -0.25) is 9.10 Å². The van der Waals surface area contributed by atoms with E-state index in [1.807, 2.05) is 65.5 Å². The van der Waals surface area contributed by atoms with Crippen LogP contribution >= 0.6 is 11.3 Å². The molecule has 0 bridgehead atoms. The van der Waals surface area contributed by atoms with Crippen molar-refractivity contribution in [3.8, 4) is 0 Å². The molecular weight excluding hydrogens is 394 g/mol. The van der Waals surface area contributed by atoms with Crippen LogP contribution < -0.4 is 9.11 Å². The summed E-state index contributed by atoms with van der Waals surface area (Å²) >= 11 is 1.34. The molecule has 0 spiro atoms. The van der Waals surface area contributed by atoms with E-state index in [0.717, 1.165) is 21.7 Å². The zero-order chi connectivity index (χ0) is 20.1. The maximum absolute atomic E-state index is 12.6. The van der Waals surface area contributed by atoms with Crippen molar-refractivity contribution >= 4 is 33.0 Å². The van der Waals surface area contributed by atoms with Gasteiger partial charge in [-0.2, -0.15) is 4.99 Å². The Morgan fingerprint density at radius 2 is 1.79 bits per heavy atom. The normalized spacial score (nSPS) is 12.1. The number of para-hydroxylation sites is 1. The predicted molar refractivity (Wildman–Crippen MR) is 112 cm³/mol. The summed E-state index contributed by atoms with van der Waals surface area (Å²) in [6.45, 7) is 2.05. The maximum atomic E-state index is 12.6. The van der Waals surface area contributed by atoms with Crippen LogP contribution in [0.25, 0.3) is 0 Å². The minimum Gasteiger partial charge on any atom is -0.319 e. The molecule has 0 unspecified atom stereocenters. The molecule has 0 fully saturated rings. The van der Waals surface area contributed by atoms with Crippen LogP contribution in [0.3, 0.4) is 0 Å². The Bertz CT molecular complexity index is 1130. The molecule has 0 saturated heterocycles. The van der Waals surface area contributed by atoms with Crippen LogP contribution in [0.5, 0.6) is 0 Å². The lowest BCUT2D eigenvalue weighted by atomic mass is 10.2. The highest BCUT2D eigenvalue weighted by Gasteiger charge is 2.22. The molecule has 0 radical (unpaired) electrons. The van der Waals surface area contributed by atoms with E-state index in [9.17, 15) is 13.2 Å². The molecule has 8 heteroatoms. The van der Waals surface area contributed by atoms with Crippen molar-refractivity contribution in [2.24, 2.45) is 4.99 Å². The summed E-state index contributed by atoms with van der Waals surface area (Å²) < 4.78 is 27.5. The number of nitrogens with zero attached hydrogens (tertiary/aromatic N) is 3. The molecule has 0 atom stereocenters. The van der Waals surface area contributed by atoms with E-state index in [4.69, 9.17) is 0 Å². The fourth-order valence-electron chi connectivity index (χ4n) is 2.78. The number of amides is 1. The number of thiazole rings is 1. The fourth-order valence-corrected chi connectivity index (χ4v) is 4.43. The van der Waals surface area contributed by atoms with Gasteiger partial charge >= 0.3 is 0 Å². The molecule has 0 aliphatic rings. The van der Waals surface area contributed by atoms with Crippen molar-refractivity contribution < 1.29 is 13.2 Å². The molecule has 3 rings (SSSR count). The van der Waals surface area contributed by atoms with Crippen molar-refractivity contribution in [3.63, 3.8) is 0 Å². The number of aryl methyl sites for hydroxylation is 1. The average molecular weight is 416 g/mol. The molecule has 1 aromatic heterocycles. The minimum atomic E-state index is -3.62. The Hall–Kier alpha value is -2.71. The van der Waals surface area contributed by atoms with E-state index in [1.165, 1.54) is 11.3 Å². The lowest BCUT2D eigenvalue weighted by Crippen LogP contribution is -2.35. The van der Waals surface area contributed by atoms with Crippen molar-refractivity contribution in [3.05, 3.63) is 82.1 Å². The second-order valence-corrected chi connectivity index (χ2v) is 9.14. The summed E-state index contributed by atoms with van der Waals surface area (Å²) in [5, 5.41) is 1.85. The van der Waals surface area contributed by atoms with Crippen molar-refractivity contribution in [2.75, 3.05) is 17.1 Å². The van der Waals surface area contributed by atoms with Gasteiger partial charge in [-0.15, -0.1) is 11.3 Å². The standard InChI is InChI=1S/C20H21N3O3S2/c1-16-8-6-7-11-18(16)23(28(2,25)26)15-19(24)21-20-22(12-13-27-20)14-17-9-4-3-5-10-17/h3-13H,14-15H2,1-2H3. The summed E-state index contributed by atoms with van der Waals surface area (Å²) in [7, 11) is -3.62. The van der Waals surface area contributed by atoms with Gasteiger partial charge in [-0.05, 0) is 24.1 Å². The SMILES string of the molecule is Cc1ccccc1N(CC(=O)N=c1sccn1Cc1ccccc1)S(C)(=O)=O. The van der Waals surface area contributed by atoms with Gasteiger partial charge in [-0.25, -0.2) is 8.42 Å². The Kier molecular flexibility index (Phi) is 6.11. The highest BCUT2D eigenvalue weighted by Crippen LogP contribution is 2.21. The number of anilines is 1. The molecule has 0 aliphatic heterocycles. The monoisotopic (exact) mass is 415 g/mol. The number of carbonyl (C=O) groups is 1. The summed E-state index contributed by atoms with van der Waals surface area (Å²) in [5.74, 6) is -0.516. The molecular formula is C20H21N3O3S2. The first-order chi connectivity index (χ1) is 13.3. The van der Waals surface area contributed by atoms with Gasteiger partial charge in [0.15, 0.2) is 4.80 Å². The van der Waals surface area contributed by atoms with Gasteiger partial charge in [0.1, 0.15) is 6.54 Å². The van der Waals surface area contributed by atoms with Crippen molar-refractivity contribution in [2.45, 2.75) is 13.5 Å². The van der Waals surface area contributed by atoms with Crippen LogP contribution in [0, 0.1) is 6.92 Å². The van der Waals surface area contributed by atoms with Gasteiger partial charge in [0.05, 0.1) is 11.9 Å². The summed E-state index contributed by atoms with van der Waals surface area (Å²) in [6.07, 6.45) is 2.95. The van der Waals surface area contributed by atoms with Gasteiger partial charge in [-0.1, -0.05) is 48.5 Å². The topological polar surface area (TPSA) is 71.7 Å². The first-order valence-corrected chi connectivity index (χ1v) is 11.4. The van der Waals surface area contributed by atoms with Crippen LogP contribution in [0.4, 0.5) is 5.69 Å². The third-order valence-electron chi connectivity index (χ3n) is 4.14. The number of benzene rings is 2. The number of hydrogen-bond donors (Lipinski definition) is 0. The summed E-state index contributed by atoms with van der Waals surface area (Å²) in [4.78, 5) is 17.3. The second-order valence-electron chi connectivity index (χ2n) is 6.36. The predicted octanol–water partition coefficient (Wildman–Crippen LogP) is 2.80. The molecule has 0 saturated carbocycles. The van der Waals surface area contributed by atoms with Gasteiger partial charge in [0.2, 0.25) is 10.0 Å². The van der Waals surface area contributed by atoms with Crippen molar-refractivity contribution in [1.29, 1.82) is 0 Å². The van der Waals surface area contributed by atoms with Gasteiger partial charge in [0, 0.05) is 18.1 Å². The summed E-state index contributed by atoms with van der Waals surface area (Å²) in [5.41, 5.74) is 2.35. The molecule has 6 nitrogen and oxygen atoms in total. The molecule has 1 heterocycles. The van der Waals surface area contributed by atoms with E-state index in [2.05, 4.69) is 4.99 Å². The smallest absolute Gasteiger partial charge is 0.269 e. The fraction of sp³-hybridized carbons (Fsp3) is 0.200. The molecule has 0 aliphatic carbocycles. The van der Waals surface area contributed by atoms with E-state index >= 15 is 0 Å². The second kappa shape index (κ2) is 8.53. The largest absolute Gasteiger partial charge is 0.319 e. The highest BCUT2D eigenvalue weighted by atomic mass is 32.2. The third-order valence-corrected chi connectivity index (χ3v) is 6.06. The number of hydrogen-bond acceptors (Lipinski definition) is 4. The van der Waals surface area contributed by atoms with Crippen LogP contribution in [-0.2, 0) is 21.4 Å². The lowest BCUT2D eigenvalue weighted by Gasteiger charge is -2.22. The van der Waals surface area contributed by atoms with Crippen LogP contribution in [0.2, 0.25) is 0 Å². The Labute approximate surface area is 168 Å². The van der Waals surface area contributed by atoms with Crippen LogP contribution in [0.1, 0.15) is 11.1 Å². The average Bonchev–Trinajstić information content (AvgIpc) is 3.07. The van der Waals surface area contributed by atoms with E-state index in [-0.39, 0.29) is 6.54 Å². The van der Waals surface area contributed by atoms with E-state index in [1.54, 1.807) is 12.1 Å². The molecule has 3 aromatic rings. The number of aromatic nitrogens is 1. The molecule has 1 amide bonds. The van der Waals surface area contributed by atoms with Gasteiger partial charge < -0.3 is 4.57 Å². The quantitative estimate of drug-likeness (QED) is 0.621. The summed E-state index contributed by atoms with van der Waals surface area (Å²) in [6, 6.07) is 16.9. The minimum absolute atomic E-state index is 0.340. The zero-order valence-electron chi connectivity index (χ0n) is 15.6. The first kappa shape index (κ1) is 20.0. The van der Waals surface area contributed by atoms with E-state index in [0.29, 0.717) is 17.0 Å². The first-order valence-electron chi connectivity index (χ1n) is 8.63. The third kappa shape index (κ3) is 4.96. The zero-order valence-corrected chi connectivity index (χ0v) is 17.3. The maximum Gasteiger partial charge on any atom is 0.269 e. The van der Waals surface area contributed by atoms with Crippen LogP contribution in [0.15, 0.2) is 71.2 Å². The Morgan fingerprint density at radius 1 is 1.11 bits per heavy atom. The number of rotatable bonds is 6. The Balaban J connectivity index is 1.86. The molecule has 0 N–H and O–H groups in total. The van der Waals surface area contributed by atoms with E-state index < -0.39 is 15.9 Å². The van der Waals surface area contributed by atoms with Crippen molar-refractivity contribution in [1.82, 2.24) is 4.57 Å². The highest BCUT2D eigenvalue weighted by molar-refractivity contribution is 7.92. The lowest BCUT2D eigenvalue weighted by molar-refractivity contribution is -0.116. The molecule has 28 heavy (non-hydrogen) atoms. The number of carbonyl (C=O) groups excluding carboxylic acids is 1. The molecule has 146 valence electrons. The van der Waals surface area contributed by atoms with Gasteiger partial charge in [0.25, 0.3) is 5.91 Å². The number of sulfonamides is 1.